The van der Waals surface area contributed by atoms with Gasteiger partial charge < -0.3 is 0 Å². The molecule has 0 aliphatic heterocycles. The molecule has 6 heteroatoms. The van der Waals surface area contributed by atoms with E-state index in [2.05, 4.69) is 76.7 Å². The van der Waals surface area contributed by atoms with E-state index in [9.17, 15) is 10.5 Å². The van der Waals surface area contributed by atoms with Gasteiger partial charge in [-0.1, -0.05) is 30.3 Å². The first kappa shape index (κ1) is 17.1. The number of nitrogens with zero attached hydrogens (tertiary/aromatic N) is 4. The molecule has 6 rings (SSSR count). The molecule has 3 heterocycles. The van der Waals surface area contributed by atoms with E-state index >= 15 is 0 Å². The normalized spacial score (nSPS) is 11.3. The third-order valence-corrected chi connectivity index (χ3v) is 7.55. The first-order valence-electron chi connectivity index (χ1n) is 9.21. The molecule has 0 saturated carbocycles. The van der Waals surface area contributed by atoms with E-state index in [4.69, 9.17) is 0 Å². The maximum atomic E-state index is 9.44. The molecule has 0 unspecified atom stereocenters. The summed E-state index contributed by atoms with van der Waals surface area (Å²) in [5.74, 6) is 0.0234. The first-order valence-corrected chi connectivity index (χ1v) is 10.8. The fraction of sp³-hybridized carbons (Fsp3) is 0. The number of aromatic nitrogens is 2. The van der Waals surface area contributed by atoms with Crippen molar-refractivity contribution < 1.29 is 0 Å². The Morgan fingerprint density at radius 3 is 2.13 bits per heavy atom. The SMILES string of the molecule is N#Cc1nc(C#N)c2sc3ccc(-c4ccc5sc6ccccc6c5c4)cc3c2n1. The molecule has 3 aromatic carbocycles. The Balaban J connectivity index is 1.61. The second kappa shape index (κ2) is 6.33. The summed E-state index contributed by atoms with van der Waals surface area (Å²) < 4.78 is 4.31. The van der Waals surface area contributed by atoms with Gasteiger partial charge in [0.05, 0.1) is 10.2 Å². The van der Waals surface area contributed by atoms with Crippen molar-refractivity contribution in [1.82, 2.24) is 9.97 Å². The summed E-state index contributed by atoms with van der Waals surface area (Å²) in [5, 5.41) is 22.2. The molecule has 0 radical (unpaired) electrons. The lowest BCUT2D eigenvalue weighted by molar-refractivity contribution is 1.14. The highest BCUT2D eigenvalue weighted by Gasteiger charge is 2.15. The topological polar surface area (TPSA) is 73.4 Å². The van der Waals surface area contributed by atoms with E-state index in [1.165, 1.54) is 31.5 Å². The average Bonchev–Trinajstić information content (AvgIpc) is 3.35. The van der Waals surface area contributed by atoms with Gasteiger partial charge in [0.2, 0.25) is 5.82 Å². The Kier molecular flexibility index (Phi) is 3.60. The first-order chi connectivity index (χ1) is 14.7. The van der Waals surface area contributed by atoms with Crippen LogP contribution in [0.15, 0.2) is 60.7 Å². The average molecular weight is 419 g/mol. The van der Waals surface area contributed by atoms with Crippen molar-refractivity contribution in [2.75, 3.05) is 0 Å². The molecule has 0 aliphatic carbocycles. The molecule has 0 N–H and O–H groups in total. The van der Waals surface area contributed by atoms with Crippen molar-refractivity contribution in [3.05, 3.63) is 72.2 Å². The van der Waals surface area contributed by atoms with E-state index in [0.717, 1.165) is 25.9 Å². The molecular formula is C24H10N4S2. The van der Waals surface area contributed by atoms with E-state index in [1.807, 2.05) is 6.07 Å². The molecule has 0 bridgehead atoms. The molecule has 0 fully saturated rings. The highest BCUT2D eigenvalue weighted by Crippen LogP contribution is 2.39. The van der Waals surface area contributed by atoms with Crippen LogP contribution >= 0.6 is 22.7 Å². The summed E-state index contributed by atoms with van der Waals surface area (Å²) in [6.07, 6.45) is 0. The Morgan fingerprint density at radius 2 is 1.37 bits per heavy atom. The molecule has 138 valence electrons. The molecule has 30 heavy (non-hydrogen) atoms. The highest BCUT2D eigenvalue weighted by molar-refractivity contribution is 7.26. The van der Waals surface area contributed by atoms with Crippen LogP contribution in [0.25, 0.3) is 51.6 Å². The maximum absolute atomic E-state index is 9.44. The molecular weight excluding hydrogens is 408 g/mol. The summed E-state index contributed by atoms with van der Waals surface area (Å²) in [6, 6.07) is 25.3. The zero-order chi connectivity index (χ0) is 20.2. The number of thiophene rings is 2. The van der Waals surface area contributed by atoms with Gasteiger partial charge in [0.1, 0.15) is 12.1 Å². The number of hydrogen-bond donors (Lipinski definition) is 0. The van der Waals surface area contributed by atoms with Crippen LogP contribution in [0, 0.1) is 22.7 Å². The maximum Gasteiger partial charge on any atom is 0.234 e. The number of benzene rings is 3. The van der Waals surface area contributed by atoms with Crippen molar-refractivity contribution in [3.63, 3.8) is 0 Å². The van der Waals surface area contributed by atoms with Crippen LogP contribution in [0.4, 0.5) is 0 Å². The molecule has 6 aromatic rings. The Morgan fingerprint density at radius 1 is 0.667 bits per heavy atom. The van der Waals surface area contributed by atoms with Gasteiger partial charge in [-0.2, -0.15) is 10.5 Å². The molecule has 0 saturated heterocycles. The van der Waals surface area contributed by atoms with Crippen molar-refractivity contribution in [1.29, 1.82) is 10.5 Å². The number of fused-ring (bicyclic) bond motifs is 6. The fourth-order valence-corrected chi connectivity index (χ4v) is 6.00. The van der Waals surface area contributed by atoms with Gasteiger partial charge >= 0.3 is 0 Å². The largest absolute Gasteiger partial charge is 0.234 e. The third-order valence-electron chi connectivity index (χ3n) is 5.23. The summed E-state index contributed by atoms with van der Waals surface area (Å²) >= 11 is 3.29. The fourth-order valence-electron chi connectivity index (χ4n) is 3.85. The van der Waals surface area contributed by atoms with Gasteiger partial charge in [-0.05, 0) is 41.5 Å². The number of rotatable bonds is 1. The van der Waals surface area contributed by atoms with Crippen LogP contribution in [-0.2, 0) is 0 Å². The monoisotopic (exact) mass is 418 g/mol. The van der Waals surface area contributed by atoms with Crippen LogP contribution in [-0.4, -0.2) is 9.97 Å². The van der Waals surface area contributed by atoms with E-state index in [0.29, 0.717) is 5.52 Å². The van der Waals surface area contributed by atoms with Gasteiger partial charge in [0.15, 0.2) is 5.69 Å². The molecule has 0 atom stereocenters. The third kappa shape index (κ3) is 2.42. The lowest BCUT2D eigenvalue weighted by atomic mass is 10.0. The summed E-state index contributed by atoms with van der Waals surface area (Å²) in [4.78, 5) is 8.45. The van der Waals surface area contributed by atoms with Crippen molar-refractivity contribution in [2.45, 2.75) is 0 Å². The van der Waals surface area contributed by atoms with Gasteiger partial charge in [-0.15, -0.1) is 22.7 Å². The highest BCUT2D eigenvalue weighted by atomic mass is 32.1. The standard InChI is InChI=1S/C24H10N4S2/c25-11-18-24-23(28-22(12-26)27-18)17-10-14(6-8-21(17)30-24)13-5-7-20-16(9-13)15-3-1-2-4-19(15)29-20/h1-10H. The van der Waals surface area contributed by atoms with Crippen LogP contribution in [0.3, 0.4) is 0 Å². The minimum atomic E-state index is 0.0234. The van der Waals surface area contributed by atoms with Gasteiger partial charge in [0, 0.05) is 30.3 Å². The molecule has 0 spiro atoms. The van der Waals surface area contributed by atoms with Crippen LogP contribution in [0.1, 0.15) is 11.5 Å². The van der Waals surface area contributed by atoms with Gasteiger partial charge in [-0.3, -0.25) is 0 Å². The van der Waals surface area contributed by atoms with Crippen LogP contribution < -0.4 is 0 Å². The predicted octanol–water partition coefficient (Wildman–Crippen LogP) is 6.62. The van der Waals surface area contributed by atoms with E-state index < -0.39 is 0 Å². The number of hydrogen-bond acceptors (Lipinski definition) is 6. The molecule has 3 aromatic heterocycles. The lowest BCUT2D eigenvalue weighted by Gasteiger charge is -2.03. The van der Waals surface area contributed by atoms with Crippen molar-refractivity contribution >= 4 is 63.1 Å². The quantitative estimate of drug-likeness (QED) is 0.301. The molecule has 4 nitrogen and oxygen atoms in total. The Labute approximate surface area is 178 Å². The van der Waals surface area contributed by atoms with E-state index in [1.54, 1.807) is 11.3 Å². The number of nitriles is 2. The molecule has 0 amide bonds. The lowest BCUT2D eigenvalue weighted by Crippen LogP contribution is -1.92. The summed E-state index contributed by atoms with van der Waals surface area (Å²) in [7, 11) is 0. The summed E-state index contributed by atoms with van der Waals surface area (Å²) in [5.41, 5.74) is 3.13. The second-order valence-electron chi connectivity index (χ2n) is 6.92. The van der Waals surface area contributed by atoms with Gasteiger partial charge in [-0.25, -0.2) is 9.97 Å². The second-order valence-corrected chi connectivity index (χ2v) is 9.06. The zero-order valence-corrected chi connectivity index (χ0v) is 17.0. The van der Waals surface area contributed by atoms with Crippen LogP contribution in [0.2, 0.25) is 0 Å². The van der Waals surface area contributed by atoms with Gasteiger partial charge in [0.25, 0.3) is 0 Å². The Bertz CT molecular complexity index is 1730. The smallest absolute Gasteiger partial charge is 0.217 e. The zero-order valence-electron chi connectivity index (χ0n) is 15.4. The van der Waals surface area contributed by atoms with Crippen molar-refractivity contribution in [2.24, 2.45) is 0 Å². The minimum absolute atomic E-state index is 0.0234. The van der Waals surface area contributed by atoms with Crippen molar-refractivity contribution in [3.8, 4) is 23.3 Å². The minimum Gasteiger partial charge on any atom is -0.217 e. The van der Waals surface area contributed by atoms with E-state index in [-0.39, 0.29) is 11.5 Å². The Hall–Kier alpha value is -3.84. The predicted molar refractivity (Wildman–Crippen MR) is 123 cm³/mol. The van der Waals surface area contributed by atoms with Crippen LogP contribution in [0.5, 0.6) is 0 Å². The summed E-state index contributed by atoms with van der Waals surface area (Å²) in [6.45, 7) is 0. The molecule has 0 aliphatic rings.